The van der Waals surface area contributed by atoms with E-state index in [0.717, 1.165) is 29.9 Å². The summed E-state index contributed by atoms with van der Waals surface area (Å²) in [5, 5.41) is 5.45. The molecule has 1 saturated heterocycles. The van der Waals surface area contributed by atoms with Crippen LogP contribution in [0.3, 0.4) is 0 Å². The minimum Gasteiger partial charge on any atom is -0.460 e. The first kappa shape index (κ1) is 20.5. The average Bonchev–Trinajstić information content (AvgIpc) is 2.73. The molecule has 0 bridgehead atoms. The van der Waals surface area contributed by atoms with Gasteiger partial charge in [0.15, 0.2) is 0 Å². The third kappa shape index (κ3) is 4.77. The van der Waals surface area contributed by atoms with Gasteiger partial charge in [-0.05, 0) is 37.1 Å². The summed E-state index contributed by atoms with van der Waals surface area (Å²) < 4.78 is 5.52. The highest BCUT2D eigenvalue weighted by Crippen LogP contribution is 2.31. The first-order valence-corrected chi connectivity index (χ1v) is 9.85. The number of hydrogen-bond donors (Lipinski definition) is 2. The fourth-order valence-corrected chi connectivity index (χ4v) is 3.54. The van der Waals surface area contributed by atoms with Gasteiger partial charge in [-0.25, -0.2) is 4.79 Å². The maximum absolute atomic E-state index is 12.9. The number of rotatable bonds is 7. The Hall–Kier alpha value is -3.28. The molecule has 2 atom stereocenters. The normalized spacial score (nSPS) is 18.6. The summed E-state index contributed by atoms with van der Waals surface area (Å²) in [6.07, 6.45) is 0. The van der Waals surface area contributed by atoms with Crippen LogP contribution in [0.5, 0.6) is 0 Å². The van der Waals surface area contributed by atoms with E-state index in [1.165, 1.54) is 0 Å². The highest BCUT2D eigenvalue weighted by Gasteiger charge is 2.38. The average molecular weight is 393 g/mol. The molecular formula is C23H27N3O3. The first-order valence-electron chi connectivity index (χ1n) is 9.85. The van der Waals surface area contributed by atoms with E-state index in [-0.39, 0.29) is 12.6 Å². The molecule has 3 rings (SSSR count). The van der Waals surface area contributed by atoms with Gasteiger partial charge in [-0.2, -0.15) is 0 Å². The zero-order valence-corrected chi connectivity index (χ0v) is 16.9. The van der Waals surface area contributed by atoms with E-state index in [9.17, 15) is 9.59 Å². The summed E-state index contributed by atoms with van der Waals surface area (Å²) in [4.78, 5) is 27.1. The van der Waals surface area contributed by atoms with Crippen molar-refractivity contribution in [1.29, 1.82) is 0 Å². The van der Waals surface area contributed by atoms with Gasteiger partial charge in [-0.1, -0.05) is 49.0 Å². The summed E-state index contributed by atoms with van der Waals surface area (Å²) in [6, 6.07) is 16.5. The van der Waals surface area contributed by atoms with Crippen molar-refractivity contribution in [2.75, 3.05) is 18.0 Å². The molecule has 6 nitrogen and oxygen atoms in total. The van der Waals surface area contributed by atoms with Gasteiger partial charge >= 0.3 is 12.0 Å². The number of carbonyl (C=O) groups excluding carboxylic acids is 2. The Morgan fingerprint density at radius 3 is 2.34 bits per heavy atom. The Morgan fingerprint density at radius 1 is 1.07 bits per heavy atom. The van der Waals surface area contributed by atoms with Gasteiger partial charge in [-0.15, -0.1) is 0 Å². The fourth-order valence-electron chi connectivity index (χ4n) is 3.54. The Kier molecular flexibility index (Phi) is 6.54. The van der Waals surface area contributed by atoms with Crippen molar-refractivity contribution in [3.63, 3.8) is 0 Å². The molecule has 1 aliphatic heterocycles. The Labute approximate surface area is 171 Å². The van der Waals surface area contributed by atoms with Crippen molar-refractivity contribution >= 4 is 17.7 Å². The Balaban J connectivity index is 1.79. The molecule has 0 aromatic heterocycles. The van der Waals surface area contributed by atoms with Gasteiger partial charge in [0, 0.05) is 24.5 Å². The molecule has 0 spiro atoms. The highest BCUT2D eigenvalue weighted by atomic mass is 16.5. The number of benzene rings is 2. The molecule has 6 heteroatoms. The summed E-state index contributed by atoms with van der Waals surface area (Å²) in [6.45, 7) is 10.1. The maximum Gasteiger partial charge on any atom is 0.319 e. The minimum atomic E-state index is -0.712. The van der Waals surface area contributed by atoms with Crippen molar-refractivity contribution < 1.29 is 14.3 Å². The van der Waals surface area contributed by atoms with Crippen LogP contribution in [0, 0.1) is 5.92 Å². The van der Waals surface area contributed by atoms with Crippen molar-refractivity contribution in [1.82, 2.24) is 10.6 Å². The lowest BCUT2D eigenvalue weighted by Crippen LogP contribution is -2.51. The number of nitrogens with one attached hydrogen (secondary N) is 2. The van der Waals surface area contributed by atoms with E-state index < -0.39 is 17.9 Å². The quantitative estimate of drug-likeness (QED) is 0.703. The standard InChI is InChI=1S/C23H27N3O3/c1-4-26(5-2)19-13-11-18(12-14-19)21-20(16(3)24-23(28)25-21)22(27)29-15-17-9-7-6-8-10-17/h6-14,20-21H,3-5,15H2,1-2H3,(H2,24,25,28). The summed E-state index contributed by atoms with van der Waals surface area (Å²) in [7, 11) is 0. The number of esters is 1. The molecule has 0 saturated carbocycles. The third-order valence-corrected chi connectivity index (χ3v) is 5.13. The molecule has 0 aliphatic carbocycles. The van der Waals surface area contributed by atoms with E-state index in [2.05, 4.69) is 36.0 Å². The van der Waals surface area contributed by atoms with Crippen LogP contribution in [-0.2, 0) is 16.1 Å². The summed E-state index contributed by atoms with van der Waals surface area (Å²) in [5.41, 5.74) is 3.17. The number of hydrogen-bond acceptors (Lipinski definition) is 4. The van der Waals surface area contributed by atoms with Gasteiger partial charge in [0.05, 0.1) is 6.04 Å². The second-order valence-electron chi connectivity index (χ2n) is 6.94. The van der Waals surface area contributed by atoms with E-state index in [4.69, 9.17) is 4.74 Å². The molecule has 2 aromatic rings. The fraction of sp³-hybridized carbons (Fsp3) is 0.304. The van der Waals surface area contributed by atoms with Gasteiger partial charge in [0.1, 0.15) is 12.5 Å². The summed E-state index contributed by atoms with van der Waals surface area (Å²) in [5.74, 6) is -1.14. The van der Waals surface area contributed by atoms with E-state index in [0.29, 0.717) is 5.70 Å². The van der Waals surface area contributed by atoms with Crippen LogP contribution in [0.15, 0.2) is 66.9 Å². The predicted molar refractivity (Wildman–Crippen MR) is 113 cm³/mol. The van der Waals surface area contributed by atoms with Crippen LogP contribution in [0.1, 0.15) is 31.0 Å². The smallest absolute Gasteiger partial charge is 0.319 e. The number of urea groups is 1. The van der Waals surface area contributed by atoms with Crippen LogP contribution in [0.4, 0.5) is 10.5 Å². The van der Waals surface area contributed by atoms with Crippen LogP contribution < -0.4 is 15.5 Å². The van der Waals surface area contributed by atoms with Crippen molar-refractivity contribution in [3.8, 4) is 0 Å². The molecule has 2 amide bonds. The van der Waals surface area contributed by atoms with Crippen LogP contribution in [0.2, 0.25) is 0 Å². The van der Waals surface area contributed by atoms with Crippen LogP contribution in [0.25, 0.3) is 0 Å². The van der Waals surface area contributed by atoms with Crippen molar-refractivity contribution in [3.05, 3.63) is 78.0 Å². The zero-order valence-electron chi connectivity index (χ0n) is 16.9. The lowest BCUT2D eigenvalue weighted by atomic mass is 9.89. The largest absolute Gasteiger partial charge is 0.460 e. The maximum atomic E-state index is 12.9. The molecule has 1 aliphatic rings. The third-order valence-electron chi connectivity index (χ3n) is 5.13. The molecule has 1 fully saturated rings. The number of amides is 2. The monoisotopic (exact) mass is 393 g/mol. The van der Waals surface area contributed by atoms with Crippen LogP contribution >= 0.6 is 0 Å². The number of carbonyl (C=O) groups is 2. The van der Waals surface area contributed by atoms with Gasteiger partial charge in [-0.3, -0.25) is 4.79 Å². The van der Waals surface area contributed by atoms with Gasteiger partial charge < -0.3 is 20.3 Å². The molecule has 2 unspecified atom stereocenters. The second kappa shape index (κ2) is 9.28. The highest BCUT2D eigenvalue weighted by molar-refractivity contribution is 5.85. The van der Waals surface area contributed by atoms with Crippen LogP contribution in [-0.4, -0.2) is 25.1 Å². The predicted octanol–water partition coefficient (Wildman–Crippen LogP) is 3.76. The number of anilines is 1. The molecular weight excluding hydrogens is 366 g/mol. The van der Waals surface area contributed by atoms with E-state index >= 15 is 0 Å². The Bertz CT molecular complexity index is 861. The lowest BCUT2D eigenvalue weighted by molar-refractivity contribution is -0.149. The first-order chi connectivity index (χ1) is 14.0. The van der Waals surface area contributed by atoms with E-state index in [1.54, 1.807) is 0 Å². The molecule has 2 N–H and O–H groups in total. The van der Waals surface area contributed by atoms with Gasteiger partial charge in [0.25, 0.3) is 0 Å². The molecule has 29 heavy (non-hydrogen) atoms. The second-order valence-corrected chi connectivity index (χ2v) is 6.94. The topological polar surface area (TPSA) is 70.7 Å². The molecule has 1 heterocycles. The number of nitrogens with zero attached hydrogens (tertiary/aromatic N) is 1. The van der Waals surface area contributed by atoms with Crippen molar-refractivity contribution in [2.45, 2.75) is 26.5 Å². The van der Waals surface area contributed by atoms with E-state index in [1.807, 2.05) is 54.6 Å². The molecule has 2 aromatic carbocycles. The minimum absolute atomic E-state index is 0.172. The zero-order chi connectivity index (χ0) is 20.8. The number of ether oxygens (including phenoxy) is 1. The lowest BCUT2D eigenvalue weighted by Gasteiger charge is -2.33. The Morgan fingerprint density at radius 2 is 1.72 bits per heavy atom. The SMILES string of the molecule is C=C1NC(=O)NC(c2ccc(N(CC)CC)cc2)C1C(=O)OCc1ccccc1. The molecule has 152 valence electrons. The van der Waals surface area contributed by atoms with Crippen molar-refractivity contribution in [2.24, 2.45) is 5.92 Å². The molecule has 0 radical (unpaired) electrons. The van der Waals surface area contributed by atoms with Gasteiger partial charge in [0.2, 0.25) is 0 Å². The summed E-state index contributed by atoms with van der Waals surface area (Å²) >= 11 is 0.